The third-order valence-corrected chi connectivity index (χ3v) is 3.40. The van der Waals surface area contributed by atoms with Crippen LogP contribution in [0, 0.1) is 0 Å². The van der Waals surface area contributed by atoms with Crippen molar-refractivity contribution >= 4 is 17.3 Å². The molecule has 1 heterocycles. The number of nitrogens with zero attached hydrogens (tertiary/aromatic N) is 1. The Kier molecular flexibility index (Phi) is 4.88. The molecule has 1 aromatic heterocycles. The van der Waals surface area contributed by atoms with Gasteiger partial charge in [0.25, 0.3) is 0 Å². The predicted octanol–water partition coefficient (Wildman–Crippen LogP) is 3.46. The lowest BCUT2D eigenvalue weighted by molar-refractivity contribution is 0.503. The van der Waals surface area contributed by atoms with Crippen LogP contribution in [0.1, 0.15) is 18.2 Å². The van der Waals surface area contributed by atoms with Crippen molar-refractivity contribution in [3.8, 4) is 0 Å². The summed E-state index contributed by atoms with van der Waals surface area (Å²) in [5.41, 5.74) is 7.76. The second-order valence-corrected chi connectivity index (χ2v) is 4.83. The second kappa shape index (κ2) is 6.64. The standard InChI is InChI=1S/C15H19ClN2O/c1-2-18(11-13-4-3-9-19-13)15-6-5-12(7-8-17)10-14(15)16/h3-6,9-10H,2,7-8,11,17H2,1H3. The maximum absolute atomic E-state index is 6.37. The highest BCUT2D eigenvalue weighted by Gasteiger charge is 2.11. The van der Waals surface area contributed by atoms with E-state index in [9.17, 15) is 0 Å². The molecular formula is C15H19ClN2O. The summed E-state index contributed by atoms with van der Waals surface area (Å²) in [5.74, 6) is 0.934. The number of nitrogens with two attached hydrogens (primary N) is 1. The highest BCUT2D eigenvalue weighted by Crippen LogP contribution is 2.28. The molecule has 0 bridgehead atoms. The molecule has 0 saturated carbocycles. The van der Waals surface area contributed by atoms with E-state index < -0.39 is 0 Å². The number of benzene rings is 1. The molecule has 0 atom stereocenters. The average Bonchev–Trinajstić information content (AvgIpc) is 2.90. The molecule has 0 aliphatic carbocycles. The number of anilines is 1. The number of hydrogen-bond donors (Lipinski definition) is 1. The van der Waals surface area contributed by atoms with Gasteiger partial charge in [0, 0.05) is 6.54 Å². The van der Waals surface area contributed by atoms with E-state index in [1.54, 1.807) is 6.26 Å². The predicted molar refractivity (Wildman–Crippen MR) is 79.6 cm³/mol. The van der Waals surface area contributed by atoms with Crippen LogP contribution in [-0.2, 0) is 13.0 Å². The zero-order valence-electron chi connectivity index (χ0n) is 11.1. The van der Waals surface area contributed by atoms with E-state index in [2.05, 4.69) is 24.0 Å². The van der Waals surface area contributed by atoms with Crippen LogP contribution < -0.4 is 10.6 Å². The van der Waals surface area contributed by atoms with Gasteiger partial charge in [-0.2, -0.15) is 0 Å². The fraction of sp³-hybridized carbons (Fsp3) is 0.333. The topological polar surface area (TPSA) is 42.4 Å². The van der Waals surface area contributed by atoms with Crippen LogP contribution in [0.4, 0.5) is 5.69 Å². The minimum Gasteiger partial charge on any atom is -0.467 e. The van der Waals surface area contributed by atoms with E-state index in [1.807, 2.05) is 18.2 Å². The molecule has 19 heavy (non-hydrogen) atoms. The van der Waals surface area contributed by atoms with Crippen molar-refractivity contribution < 1.29 is 4.42 Å². The van der Waals surface area contributed by atoms with Gasteiger partial charge in [0.1, 0.15) is 5.76 Å². The van der Waals surface area contributed by atoms with Crippen LogP contribution in [0.2, 0.25) is 5.02 Å². The number of furan rings is 1. The summed E-state index contributed by atoms with van der Waals surface area (Å²) in [6.45, 7) is 4.34. The van der Waals surface area contributed by atoms with Crippen LogP contribution in [0.5, 0.6) is 0 Å². The van der Waals surface area contributed by atoms with Gasteiger partial charge >= 0.3 is 0 Å². The van der Waals surface area contributed by atoms with E-state index in [0.29, 0.717) is 6.54 Å². The molecule has 0 aliphatic rings. The highest BCUT2D eigenvalue weighted by molar-refractivity contribution is 6.33. The fourth-order valence-electron chi connectivity index (χ4n) is 2.09. The monoisotopic (exact) mass is 278 g/mol. The molecule has 102 valence electrons. The SMILES string of the molecule is CCN(Cc1ccco1)c1ccc(CCN)cc1Cl. The van der Waals surface area contributed by atoms with Gasteiger partial charge in [0.2, 0.25) is 0 Å². The molecule has 0 amide bonds. The molecule has 0 unspecified atom stereocenters. The van der Waals surface area contributed by atoms with Gasteiger partial charge in [0.15, 0.2) is 0 Å². The summed E-state index contributed by atoms with van der Waals surface area (Å²) in [6.07, 6.45) is 2.54. The van der Waals surface area contributed by atoms with Gasteiger partial charge < -0.3 is 15.1 Å². The zero-order chi connectivity index (χ0) is 13.7. The Hall–Kier alpha value is -1.45. The summed E-state index contributed by atoms with van der Waals surface area (Å²) in [4.78, 5) is 2.19. The first-order valence-electron chi connectivity index (χ1n) is 6.50. The van der Waals surface area contributed by atoms with E-state index in [1.165, 1.54) is 5.56 Å². The molecule has 1 aromatic carbocycles. The molecule has 2 rings (SSSR count). The van der Waals surface area contributed by atoms with Crippen LogP contribution in [0.25, 0.3) is 0 Å². The van der Waals surface area contributed by atoms with E-state index in [0.717, 1.165) is 36.0 Å². The Balaban J connectivity index is 2.18. The summed E-state index contributed by atoms with van der Waals surface area (Å²) >= 11 is 6.37. The largest absolute Gasteiger partial charge is 0.467 e. The molecule has 0 saturated heterocycles. The number of halogens is 1. The summed E-state index contributed by atoms with van der Waals surface area (Å²) in [5, 5.41) is 0.763. The van der Waals surface area contributed by atoms with Gasteiger partial charge in [0.05, 0.1) is 23.5 Å². The van der Waals surface area contributed by atoms with Crippen molar-refractivity contribution in [2.75, 3.05) is 18.0 Å². The Morgan fingerprint density at radius 2 is 2.16 bits per heavy atom. The zero-order valence-corrected chi connectivity index (χ0v) is 11.9. The summed E-state index contributed by atoms with van der Waals surface area (Å²) < 4.78 is 5.39. The summed E-state index contributed by atoms with van der Waals surface area (Å²) in [7, 11) is 0. The van der Waals surface area contributed by atoms with Crippen molar-refractivity contribution in [3.63, 3.8) is 0 Å². The van der Waals surface area contributed by atoms with Gasteiger partial charge in [-0.15, -0.1) is 0 Å². The normalized spacial score (nSPS) is 10.7. The van der Waals surface area contributed by atoms with Gasteiger partial charge in [-0.1, -0.05) is 17.7 Å². The average molecular weight is 279 g/mol. The molecule has 4 heteroatoms. The minimum absolute atomic E-state index is 0.638. The molecule has 2 N–H and O–H groups in total. The van der Waals surface area contributed by atoms with E-state index in [4.69, 9.17) is 21.8 Å². The first kappa shape index (κ1) is 14.0. The molecule has 0 spiro atoms. The maximum Gasteiger partial charge on any atom is 0.123 e. The first-order chi connectivity index (χ1) is 9.24. The lowest BCUT2D eigenvalue weighted by Crippen LogP contribution is -2.22. The third kappa shape index (κ3) is 3.52. The van der Waals surface area contributed by atoms with Crippen LogP contribution in [0.15, 0.2) is 41.0 Å². The maximum atomic E-state index is 6.37. The summed E-state index contributed by atoms with van der Waals surface area (Å²) in [6, 6.07) is 10.0. The van der Waals surface area contributed by atoms with Crippen molar-refractivity contribution in [2.45, 2.75) is 19.9 Å². The molecule has 3 nitrogen and oxygen atoms in total. The molecule has 2 aromatic rings. The number of rotatable bonds is 6. The molecule has 0 fully saturated rings. The van der Waals surface area contributed by atoms with Gasteiger partial charge in [-0.3, -0.25) is 0 Å². The van der Waals surface area contributed by atoms with Crippen molar-refractivity contribution in [1.29, 1.82) is 0 Å². The number of hydrogen-bond acceptors (Lipinski definition) is 3. The highest BCUT2D eigenvalue weighted by atomic mass is 35.5. The third-order valence-electron chi connectivity index (χ3n) is 3.09. The molecular weight excluding hydrogens is 260 g/mol. The lowest BCUT2D eigenvalue weighted by Gasteiger charge is -2.23. The lowest BCUT2D eigenvalue weighted by atomic mass is 10.1. The van der Waals surface area contributed by atoms with Crippen molar-refractivity contribution in [3.05, 3.63) is 52.9 Å². The molecule has 0 aliphatic heterocycles. The minimum atomic E-state index is 0.638. The van der Waals surface area contributed by atoms with Crippen LogP contribution in [-0.4, -0.2) is 13.1 Å². The van der Waals surface area contributed by atoms with Crippen LogP contribution in [0.3, 0.4) is 0 Å². The smallest absolute Gasteiger partial charge is 0.123 e. The Morgan fingerprint density at radius 3 is 2.74 bits per heavy atom. The Bertz CT molecular complexity index is 511. The fourth-order valence-corrected chi connectivity index (χ4v) is 2.41. The first-order valence-corrected chi connectivity index (χ1v) is 6.88. The molecule has 0 radical (unpaired) electrons. The van der Waals surface area contributed by atoms with Gasteiger partial charge in [-0.05, 0) is 49.7 Å². The Labute approximate surface area is 119 Å². The van der Waals surface area contributed by atoms with Crippen molar-refractivity contribution in [2.24, 2.45) is 5.73 Å². The second-order valence-electron chi connectivity index (χ2n) is 4.42. The van der Waals surface area contributed by atoms with E-state index in [-0.39, 0.29) is 0 Å². The van der Waals surface area contributed by atoms with Crippen molar-refractivity contribution in [1.82, 2.24) is 0 Å². The van der Waals surface area contributed by atoms with Gasteiger partial charge in [-0.25, -0.2) is 0 Å². The Morgan fingerprint density at radius 1 is 1.32 bits per heavy atom. The van der Waals surface area contributed by atoms with Crippen LogP contribution >= 0.6 is 11.6 Å². The van der Waals surface area contributed by atoms with E-state index >= 15 is 0 Å². The quantitative estimate of drug-likeness (QED) is 0.880.